The number of carbonyl (C=O) groups excluding carboxylic acids is 1. The van der Waals surface area contributed by atoms with E-state index in [2.05, 4.69) is 15.9 Å². The van der Waals surface area contributed by atoms with E-state index in [1.165, 1.54) is 14.2 Å². The van der Waals surface area contributed by atoms with E-state index in [1.54, 1.807) is 17.0 Å². The minimum Gasteiger partial charge on any atom is -0.495 e. The number of carboxylic acids is 1. The highest BCUT2D eigenvalue weighted by atomic mass is 79.9. The molecule has 23 heavy (non-hydrogen) atoms. The van der Waals surface area contributed by atoms with Crippen molar-refractivity contribution >= 4 is 27.8 Å². The molecule has 2 unspecified atom stereocenters. The van der Waals surface area contributed by atoms with Gasteiger partial charge in [0.1, 0.15) is 16.0 Å². The molecule has 1 aromatic carbocycles. The van der Waals surface area contributed by atoms with E-state index in [-0.39, 0.29) is 11.8 Å². The van der Waals surface area contributed by atoms with Gasteiger partial charge >= 0.3 is 5.97 Å². The van der Waals surface area contributed by atoms with Gasteiger partial charge in [0.2, 0.25) is 0 Å². The second kappa shape index (κ2) is 7.21. The van der Waals surface area contributed by atoms with Crippen LogP contribution in [-0.4, -0.2) is 49.2 Å². The summed E-state index contributed by atoms with van der Waals surface area (Å²) in [6.07, 6.45) is 0.465. The molecule has 1 aliphatic heterocycles. The van der Waals surface area contributed by atoms with Gasteiger partial charge in [-0.15, -0.1) is 0 Å². The van der Waals surface area contributed by atoms with Crippen LogP contribution in [-0.2, 0) is 4.79 Å². The Bertz CT molecular complexity index is 593. The maximum Gasteiger partial charge on any atom is 0.306 e. The van der Waals surface area contributed by atoms with Gasteiger partial charge in [0.25, 0.3) is 5.91 Å². The zero-order valence-electron chi connectivity index (χ0n) is 13.3. The van der Waals surface area contributed by atoms with Crippen LogP contribution >= 0.6 is 15.9 Å². The van der Waals surface area contributed by atoms with Crippen LogP contribution in [0, 0.1) is 11.8 Å². The molecule has 1 aromatic rings. The summed E-state index contributed by atoms with van der Waals surface area (Å²) >= 11 is 3.37. The Kier molecular flexibility index (Phi) is 5.51. The van der Waals surface area contributed by atoms with Crippen molar-refractivity contribution in [1.82, 2.24) is 4.90 Å². The third-order valence-electron chi connectivity index (χ3n) is 4.20. The molecular formula is C16H20BrNO5. The predicted molar refractivity (Wildman–Crippen MR) is 88.1 cm³/mol. The first-order chi connectivity index (χ1) is 10.9. The molecule has 1 fully saturated rings. The number of hydrogen-bond acceptors (Lipinski definition) is 4. The van der Waals surface area contributed by atoms with Crippen molar-refractivity contribution < 1.29 is 24.2 Å². The van der Waals surface area contributed by atoms with Crippen LogP contribution in [0.3, 0.4) is 0 Å². The van der Waals surface area contributed by atoms with Crippen molar-refractivity contribution in [2.45, 2.75) is 13.3 Å². The van der Waals surface area contributed by atoms with Crippen LogP contribution in [0.1, 0.15) is 23.7 Å². The summed E-state index contributed by atoms with van der Waals surface area (Å²) in [5, 5.41) is 9.18. The maximum atomic E-state index is 12.7. The predicted octanol–water partition coefficient (Wildman–Crippen LogP) is 2.65. The van der Waals surface area contributed by atoms with Gasteiger partial charge in [-0.3, -0.25) is 9.59 Å². The van der Waals surface area contributed by atoms with Crippen LogP contribution < -0.4 is 9.47 Å². The largest absolute Gasteiger partial charge is 0.495 e. The molecule has 1 amide bonds. The molecule has 0 radical (unpaired) electrons. The SMILES string of the molecule is COc1cc(C(=O)N2CCC(C(=O)O)C(C)C2)cc(OC)c1Br. The highest BCUT2D eigenvalue weighted by molar-refractivity contribution is 9.10. The van der Waals surface area contributed by atoms with E-state index >= 15 is 0 Å². The summed E-state index contributed by atoms with van der Waals surface area (Å²) in [6, 6.07) is 3.31. The number of likely N-dealkylation sites (tertiary alicyclic amines) is 1. The monoisotopic (exact) mass is 385 g/mol. The van der Waals surface area contributed by atoms with Gasteiger partial charge in [0.05, 0.1) is 20.1 Å². The van der Waals surface area contributed by atoms with Crippen molar-refractivity contribution in [3.05, 3.63) is 22.2 Å². The summed E-state index contributed by atoms with van der Waals surface area (Å²) < 4.78 is 11.2. The summed E-state index contributed by atoms with van der Waals surface area (Å²) in [5.41, 5.74) is 0.461. The summed E-state index contributed by atoms with van der Waals surface area (Å²) in [5.74, 6) is -0.388. The molecule has 1 N–H and O–H groups in total. The number of carboxylic acid groups (broad SMARTS) is 1. The van der Waals surface area contributed by atoms with Crippen LogP contribution in [0.4, 0.5) is 0 Å². The number of rotatable bonds is 4. The van der Waals surface area contributed by atoms with Gasteiger partial charge in [-0.1, -0.05) is 6.92 Å². The zero-order chi connectivity index (χ0) is 17.1. The minimum atomic E-state index is -0.795. The van der Waals surface area contributed by atoms with Crippen molar-refractivity contribution in [3.8, 4) is 11.5 Å². The lowest BCUT2D eigenvalue weighted by molar-refractivity contribution is -0.145. The Morgan fingerprint density at radius 3 is 2.26 bits per heavy atom. The average Bonchev–Trinajstić information content (AvgIpc) is 2.53. The van der Waals surface area contributed by atoms with Crippen molar-refractivity contribution in [1.29, 1.82) is 0 Å². The topological polar surface area (TPSA) is 76.1 Å². The third kappa shape index (κ3) is 3.60. The van der Waals surface area contributed by atoms with Gasteiger partial charge in [-0.25, -0.2) is 0 Å². The summed E-state index contributed by atoms with van der Waals surface area (Å²) in [6.45, 7) is 2.72. The molecule has 2 rings (SSSR count). The highest BCUT2D eigenvalue weighted by Gasteiger charge is 2.33. The Hall–Kier alpha value is -1.76. The molecule has 7 heteroatoms. The lowest BCUT2D eigenvalue weighted by Crippen LogP contribution is -2.45. The van der Waals surface area contributed by atoms with Crippen LogP contribution in [0.2, 0.25) is 0 Å². The van der Waals surface area contributed by atoms with Gasteiger partial charge in [-0.2, -0.15) is 0 Å². The summed E-state index contributed by atoms with van der Waals surface area (Å²) in [4.78, 5) is 25.6. The average molecular weight is 386 g/mol. The number of piperidine rings is 1. The molecule has 1 heterocycles. The Morgan fingerprint density at radius 1 is 1.26 bits per heavy atom. The quantitative estimate of drug-likeness (QED) is 0.861. The van der Waals surface area contributed by atoms with E-state index in [1.807, 2.05) is 6.92 Å². The standard InChI is InChI=1S/C16H20BrNO5/c1-9-8-18(5-4-11(9)16(20)21)15(19)10-6-12(22-2)14(17)13(7-10)23-3/h6-7,9,11H,4-5,8H2,1-3H3,(H,20,21). The Balaban J connectivity index is 2.23. The van der Waals surface area contributed by atoms with E-state index in [9.17, 15) is 14.7 Å². The highest BCUT2D eigenvalue weighted by Crippen LogP contribution is 2.36. The van der Waals surface area contributed by atoms with E-state index in [4.69, 9.17) is 9.47 Å². The van der Waals surface area contributed by atoms with Gasteiger partial charge in [0, 0.05) is 18.7 Å². The smallest absolute Gasteiger partial charge is 0.306 e. The fourth-order valence-corrected chi connectivity index (χ4v) is 3.42. The minimum absolute atomic E-state index is 0.0792. The molecule has 0 spiro atoms. The van der Waals surface area contributed by atoms with Crippen molar-refractivity contribution in [2.75, 3.05) is 27.3 Å². The molecule has 2 atom stereocenters. The van der Waals surface area contributed by atoms with Crippen LogP contribution in [0.25, 0.3) is 0 Å². The Labute approximate surface area is 143 Å². The van der Waals surface area contributed by atoms with Gasteiger partial charge in [0.15, 0.2) is 0 Å². The number of nitrogens with zero attached hydrogens (tertiary/aromatic N) is 1. The number of benzene rings is 1. The molecule has 0 saturated carbocycles. The van der Waals surface area contributed by atoms with Crippen molar-refractivity contribution in [3.63, 3.8) is 0 Å². The molecule has 0 aliphatic carbocycles. The number of ether oxygens (including phenoxy) is 2. The van der Waals surface area contributed by atoms with Crippen molar-refractivity contribution in [2.24, 2.45) is 11.8 Å². The van der Waals surface area contributed by atoms with Crippen LogP contribution in [0.15, 0.2) is 16.6 Å². The van der Waals surface area contributed by atoms with Gasteiger partial charge < -0.3 is 19.5 Å². The normalized spacial score (nSPS) is 21.0. The number of hydrogen-bond donors (Lipinski definition) is 1. The molecule has 6 nitrogen and oxygen atoms in total. The van der Waals surface area contributed by atoms with Gasteiger partial charge in [-0.05, 0) is 40.4 Å². The number of halogens is 1. The fraction of sp³-hybridized carbons (Fsp3) is 0.500. The molecule has 1 saturated heterocycles. The first-order valence-electron chi connectivity index (χ1n) is 7.32. The van der Waals surface area contributed by atoms with E-state index in [0.29, 0.717) is 41.0 Å². The summed E-state index contributed by atoms with van der Waals surface area (Å²) in [7, 11) is 3.04. The maximum absolute atomic E-state index is 12.7. The first-order valence-corrected chi connectivity index (χ1v) is 8.12. The van der Waals surface area contributed by atoms with Crippen LogP contribution in [0.5, 0.6) is 11.5 Å². The van der Waals surface area contributed by atoms with E-state index < -0.39 is 11.9 Å². The molecule has 126 valence electrons. The number of aliphatic carboxylic acids is 1. The lowest BCUT2D eigenvalue weighted by Gasteiger charge is -2.35. The fourth-order valence-electron chi connectivity index (χ4n) is 2.87. The second-order valence-electron chi connectivity index (χ2n) is 5.66. The number of amides is 1. The molecule has 0 aromatic heterocycles. The van der Waals surface area contributed by atoms with E-state index in [0.717, 1.165) is 0 Å². The lowest BCUT2D eigenvalue weighted by atomic mass is 9.87. The molecule has 0 bridgehead atoms. The Morgan fingerprint density at radius 2 is 1.83 bits per heavy atom. The molecular weight excluding hydrogens is 366 g/mol. The number of carbonyl (C=O) groups is 2. The molecule has 1 aliphatic rings. The third-order valence-corrected chi connectivity index (χ3v) is 4.98. The number of methoxy groups -OCH3 is 2. The zero-order valence-corrected chi connectivity index (χ0v) is 14.9. The first kappa shape index (κ1) is 17.6. The second-order valence-corrected chi connectivity index (χ2v) is 6.45.